The molecule has 2 rings (SSSR count). The van der Waals surface area contributed by atoms with Crippen LogP contribution in [0.15, 0.2) is 42.6 Å². The SMILES string of the molecule is COc1ccc(C(=O)NCc2ccccn2)cc1NC(C)=O. The fourth-order valence-corrected chi connectivity index (χ4v) is 1.91. The summed E-state index contributed by atoms with van der Waals surface area (Å²) in [6.07, 6.45) is 1.67. The molecule has 2 aromatic rings. The van der Waals surface area contributed by atoms with Gasteiger partial charge in [0.25, 0.3) is 5.91 Å². The molecule has 1 aromatic heterocycles. The Labute approximate surface area is 128 Å². The number of anilines is 1. The monoisotopic (exact) mass is 299 g/mol. The van der Waals surface area contributed by atoms with Crippen LogP contribution in [0.3, 0.4) is 0 Å². The van der Waals surface area contributed by atoms with E-state index in [1.165, 1.54) is 14.0 Å². The van der Waals surface area contributed by atoms with Gasteiger partial charge in [0.2, 0.25) is 5.91 Å². The molecular weight excluding hydrogens is 282 g/mol. The third-order valence-electron chi connectivity index (χ3n) is 2.93. The van der Waals surface area contributed by atoms with Crippen molar-refractivity contribution in [3.63, 3.8) is 0 Å². The molecule has 0 spiro atoms. The predicted molar refractivity (Wildman–Crippen MR) is 82.7 cm³/mol. The second kappa shape index (κ2) is 7.21. The van der Waals surface area contributed by atoms with Crippen molar-refractivity contribution in [2.75, 3.05) is 12.4 Å². The van der Waals surface area contributed by atoms with Crippen LogP contribution >= 0.6 is 0 Å². The van der Waals surface area contributed by atoms with Crippen LogP contribution in [-0.2, 0) is 11.3 Å². The highest BCUT2D eigenvalue weighted by molar-refractivity contribution is 5.97. The molecule has 22 heavy (non-hydrogen) atoms. The zero-order valence-corrected chi connectivity index (χ0v) is 12.4. The molecule has 1 heterocycles. The van der Waals surface area contributed by atoms with Crippen LogP contribution < -0.4 is 15.4 Å². The third-order valence-corrected chi connectivity index (χ3v) is 2.93. The Morgan fingerprint density at radius 2 is 2.05 bits per heavy atom. The van der Waals surface area contributed by atoms with Gasteiger partial charge >= 0.3 is 0 Å². The summed E-state index contributed by atoms with van der Waals surface area (Å²) in [6.45, 7) is 1.73. The summed E-state index contributed by atoms with van der Waals surface area (Å²) in [6, 6.07) is 10.4. The standard InChI is InChI=1S/C16H17N3O3/c1-11(20)19-14-9-12(6-7-15(14)22-2)16(21)18-10-13-5-3-4-8-17-13/h3-9H,10H2,1-2H3,(H,18,21)(H,19,20). The van der Waals surface area contributed by atoms with E-state index in [4.69, 9.17) is 4.74 Å². The van der Waals surface area contributed by atoms with Gasteiger partial charge in [-0.3, -0.25) is 14.6 Å². The molecule has 0 aliphatic heterocycles. The molecule has 0 saturated heterocycles. The van der Waals surface area contributed by atoms with Crippen molar-refractivity contribution in [1.29, 1.82) is 0 Å². The molecule has 0 aliphatic rings. The number of benzene rings is 1. The average molecular weight is 299 g/mol. The molecule has 0 radical (unpaired) electrons. The van der Waals surface area contributed by atoms with Gasteiger partial charge in [-0.2, -0.15) is 0 Å². The van der Waals surface area contributed by atoms with E-state index in [0.29, 0.717) is 23.5 Å². The summed E-state index contributed by atoms with van der Waals surface area (Å²) < 4.78 is 5.15. The molecule has 0 atom stereocenters. The minimum Gasteiger partial charge on any atom is -0.495 e. The Balaban J connectivity index is 2.10. The Bertz CT molecular complexity index is 672. The van der Waals surface area contributed by atoms with E-state index in [0.717, 1.165) is 5.69 Å². The fraction of sp³-hybridized carbons (Fsp3) is 0.188. The minimum atomic E-state index is -0.250. The van der Waals surface area contributed by atoms with Crippen LogP contribution in [0, 0.1) is 0 Å². The van der Waals surface area contributed by atoms with Gasteiger partial charge < -0.3 is 15.4 Å². The summed E-state index contributed by atoms with van der Waals surface area (Å²) in [4.78, 5) is 27.5. The first kappa shape index (κ1) is 15.5. The lowest BCUT2D eigenvalue weighted by atomic mass is 10.1. The number of nitrogens with one attached hydrogen (secondary N) is 2. The lowest BCUT2D eigenvalue weighted by molar-refractivity contribution is -0.114. The highest BCUT2D eigenvalue weighted by Crippen LogP contribution is 2.25. The number of carbonyl (C=O) groups excluding carboxylic acids is 2. The quantitative estimate of drug-likeness (QED) is 0.884. The van der Waals surface area contributed by atoms with E-state index in [2.05, 4.69) is 15.6 Å². The fourth-order valence-electron chi connectivity index (χ4n) is 1.91. The van der Waals surface area contributed by atoms with E-state index in [1.54, 1.807) is 24.4 Å². The average Bonchev–Trinajstić information content (AvgIpc) is 2.53. The molecular formula is C16H17N3O3. The van der Waals surface area contributed by atoms with Gasteiger partial charge in [0.15, 0.2) is 0 Å². The molecule has 1 aromatic carbocycles. The van der Waals surface area contributed by atoms with Crippen LogP contribution in [0.2, 0.25) is 0 Å². The molecule has 114 valence electrons. The first-order valence-electron chi connectivity index (χ1n) is 6.74. The van der Waals surface area contributed by atoms with Crippen molar-refractivity contribution in [2.24, 2.45) is 0 Å². The van der Waals surface area contributed by atoms with Crippen LogP contribution in [0.25, 0.3) is 0 Å². The number of hydrogen-bond donors (Lipinski definition) is 2. The van der Waals surface area contributed by atoms with Gasteiger partial charge in [-0.05, 0) is 30.3 Å². The van der Waals surface area contributed by atoms with Crippen molar-refractivity contribution >= 4 is 17.5 Å². The first-order valence-corrected chi connectivity index (χ1v) is 6.74. The van der Waals surface area contributed by atoms with Crippen molar-refractivity contribution in [1.82, 2.24) is 10.3 Å². The number of hydrogen-bond acceptors (Lipinski definition) is 4. The minimum absolute atomic E-state index is 0.232. The Morgan fingerprint density at radius 3 is 2.68 bits per heavy atom. The molecule has 2 amide bonds. The van der Waals surface area contributed by atoms with Crippen molar-refractivity contribution in [3.05, 3.63) is 53.9 Å². The van der Waals surface area contributed by atoms with Crippen LogP contribution in [0.1, 0.15) is 23.0 Å². The maximum Gasteiger partial charge on any atom is 0.251 e. The summed E-state index contributed by atoms with van der Waals surface area (Å²) in [5.41, 5.74) is 1.66. The molecule has 0 unspecified atom stereocenters. The van der Waals surface area contributed by atoms with E-state index >= 15 is 0 Å². The topological polar surface area (TPSA) is 80.3 Å². The Hall–Kier alpha value is -2.89. The van der Waals surface area contributed by atoms with Crippen molar-refractivity contribution in [2.45, 2.75) is 13.5 Å². The smallest absolute Gasteiger partial charge is 0.251 e. The predicted octanol–water partition coefficient (Wildman–Crippen LogP) is 1.98. The van der Waals surface area contributed by atoms with Crippen LogP contribution in [0.5, 0.6) is 5.75 Å². The number of pyridine rings is 1. The van der Waals surface area contributed by atoms with Crippen molar-refractivity contribution in [3.8, 4) is 5.75 Å². The number of rotatable bonds is 5. The van der Waals surface area contributed by atoms with E-state index < -0.39 is 0 Å². The molecule has 0 bridgehead atoms. The number of aromatic nitrogens is 1. The largest absolute Gasteiger partial charge is 0.495 e. The summed E-state index contributed by atoms with van der Waals surface area (Å²) in [5, 5.41) is 5.42. The third kappa shape index (κ3) is 4.05. The molecule has 6 heteroatoms. The number of carbonyl (C=O) groups is 2. The number of methoxy groups -OCH3 is 1. The van der Waals surface area contributed by atoms with Crippen molar-refractivity contribution < 1.29 is 14.3 Å². The lowest BCUT2D eigenvalue weighted by Crippen LogP contribution is -2.23. The number of nitrogens with zero attached hydrogens (tertiary/aromatic N) is 1. The highest BCUT2D eigenvalue weighted by atomic mass is 16.5. The molecule has 0 fully saturated rings. The summed E-state index contributed by atoms with van der Waals surface area (Å²) in [5.74, 6) is 0.0146. The number of ether oxygens (including phenoxy) is 1. The maximum atomic E-state index is 12.2. The van der Waals surface area contributed by atoms with Gasteiger partial charge in [-0.15, -0.1) is 0 Å². The van der Waals surface area contributed by atoms with Gasteiger partial charge in [0.05, 0.1) is 25.0 Å². The molecule has 0 aliphatic carbocycles. The first-order chi connectivity index (χ1) is 10.6. The summed E-state index contributed by atoms with van der Waals surface area (Å²) in [7, 11) is 1.50. The molecule has 2 N–H and O–H groups in total. The molecule has 6 nitrogen and oxygen atoms in total. The van der Waals surface area contributed by atoms with E-state index in [1.807, 2.05) is 18.2 Å². The lowest BCUT2D eigenvalue weighted by Gasteiger charge is -2.11. The Morgan fingerprint density at radius 1 is 1.23 bits per heavy atom. The van der Waals surface area contributed by atoms with E-state index in [9.17, 15) is 9.59 Å². The van der Waals surface area contributed by atoms with Gasteiger partial charge in [-0.25, -0.2) is 0 Å². The second-order valence-corrected chi connectivity index (χ2v) is 4.60. The zero-order valence-electron chi connectivity index (χ0n) is 12.4. The number of amides is 2. The van der Waals surface area contributed by atoms with Gasteiger partial charge in [0, 0.05) is 18.7 Å². The van der Waals surface area contributed by atoms with Gasteiger partial charge in [-0.1, -0.05) is 6.07 Å². The van der Waals surface area contributed by atoms with Crippen LogP contribution in [0.4, 0.5) is 5.69 Å². The second-order valence-electron chi connectivity index (χ2n) is 4.60. The normalized spacial score (nSPS) is 9.91. The summed E-state index contributed by atoms with van der Waals surface area (Å²) >= 11 is 0. The maximum absolute atomic E-state index is 12.2. The zero-order chi connectivity index (χ0) is 15.9. The van der Waals surface area contributed by atoms with Crippen LogP contribution in [-0.4, -0.2) is 23.9 Å². The Kier molecular flexibility index (Phi) is 5.08. The van der Waals surface area contributed by atoms with Gasteiger partial charge in [0.1, 0.15) is 5.75 Å². The highest BCUT2D eigenvalue weighted by Gasteiger charge is 2.11. The molecule has 0 saturated carbocycles. The van der Waals surface area contributed by atoms with E-state index in [-0.39, 0.29) is 11.8 Å².